The summed E-state index contributed by atoms with van der Waals surface area (Å²) in [4.78, 5) is 10.8. The Kier molecular flexibility index (Phi) is 2.00. The molecule has 1 aliphatic rings. The van der Waals surface area contributed by atoms with E-state index in [-0.39, 0.29) is 17.7 Å². The normalized spacial score (nSPS) is 21.6. The number of rotatable bonds is 1. The lowest BCUT2D eigenvalue weighted by molar-refractivity contribution is -0.137. The molecule has 0 spiro atoms. The van der Waals surface area contributed by atoms with Crippen LogP contribution in [0, 0.1) is 5.82 Å². The van der Waals surface area contributed by atoms with E-state index in [9.17, 15) is 9.18 Å². The summed E-state index contributed by atoms with van der Waals surface area (Å²) in [5.41, 5.74) is 0.577. The van der Waals surface area contributed by atoms with Crippen LogP contribution in [-0.4, -0.2) is 12.6 Å². The second-order valence-electron chi connectivity index (χ2n) is 3.11. The summed E-state index contributed by atoms with van der Waals surface area (Å²) >= 11 is 0. The fourth-order valence-electron chi connectivity index (χ4n) is 1.52. The van der Waals surface area contributed by atoms with E-state index in [0.29, 0.717) is 18.6 Å². The largest absolute Gasteiger partial charge is 0.465 e. The van der Waals surface area contributed by atoms with Gasteiger partial charge >= 0.3 is 5.97 Å². The third-order valence-electron chi connectivity index (χ3n) is 2.20. The number of hydrogen-bond donors (Lipinski definition) is 0. The van der Waals surface area contributed by atoms with Gasteiger partial charge in [0.2, 0.25) is 0 Å². The summed E-state index contributed by atoms with van der Waals surface area (Å²) in [7, 11) is 0. The van der Waals surface area contributed by atoms with E-state index >= 15 is 0 Å². The maximum Gasteiger partial charge on any atom is 0.306 e. The van der Waals surface area contributed by atoms with Gasteiger partial charge in [-0.05, 0) is 11.6 Å². The molecule has 0 bridgehead atoms. The lowest BCUT2D eigenvalue weighted by Crippen LogP contribution is -2.00. The number of carbonyl (C=O) groups excluding carboxylic acids is 1. The van der Waals surface area contributed by atoms with Crippen molar-refractivity contribution < 1.29 is 13.9 Å². The molecule has 0 radical (unpaired) electrons. The highest BCUT2D eigenvalue weighted by Gasteiger charge is 2.26. The van der Waals surface area contributed by atoms with E-state index in [1.807, 2.05) is 0 Å². The fourth-order valence-corrected chi connectivity index (χ4v) is 1.52. The first kappa shape index (κ1) is 8.23. The minimum Gasteiger partial charge on any atom is -0.465 e. The van der Waals surface area contributed by atoms with Gasteiger partial charge in [0.25, 0.3) is 0 Å². The van der Waals surface area contributed by atoms with Crippen LogP contribution >= 0.6 is 0 Å². The molecule has 0 saturated carbocycles. The van der Waals surface area contributed by atoms with E-state index in [4.69, 9.17) is 4.74 Å². The standard InChI is InChI=1S/C10H9FO2/c11-9-4-2-1-3-8(9)7-5-10(12)13-6-7/h1-4,7H,5-6H2. The molecule has 2 rings (SSSR count). The monoisotopic (exact) mass is 180 g/mol. The molecule has 0 aromatic heterocycles. The lowest BCUT2D eigenvalue weighted by Gasteiger charge is -2.06. The predicted octanol–water partition coefficient (Wildman–Crippen LogP) is 1.86. The van der Waals surface area contributed by atoms with Crippen molar-refractivity contribution in [2.24, 2.45) is 0 Å². The first-order valence-corrected chi connectivity index (χ1v) is 4.17. The molecule has 13 heavy (non-hydrogen) atoms. The van der Waals surface area contributed by atoms with E-state index in [2.05, 4.69) is 0 Å². The molecule has 1 aromatic rings. The molecule has 3 heteroatoms. The third kappa shape index (κ3) is 1.54. The highest BCUT2D eigenvalue weighted by molar-refractivity contribution is 5.72. The van der Waals surface area contributed by atoms with Crippen LogP contribution in [0.1, 0.15) is 17.9 Å². The van der Waals surface area contributed by atoms with Gasteiger partial charge in [-0.15, -0.1) is 0 Å². The van der Waals surface area contributed by atoms with Crippen molar-refractivity contribution in [3.05, 3.63) is 35.6 Å². The number of halogens is 1. The minimum atomic E-state index is -0.259. The van der Waals surface area contributed by atoms with Crippen LogP contribution < -0.4 is 0 Å². The van der Waals surface area contributed by atoms with Gasteiger partial charge in [-0.25, -0.2) is 4.39 Å². The SMILES string of the molecule is O=C1CC(c2ccccc2F)CO1. The first-order valence-electron chi connectivity index (χ1n) is 4.17. The van der Waals surface area contributed by atoms with Gasteiger partial charge < -0.3 is 4.74 Å². The fraction of sp³-hybridized carbons (Fsp3) is 0.300. The number of cyclic esters (lactones) is 1. The number of ether oxygens (including phenoxy) is 1. The average Bonchev–Trinajstić information content (AvgIpc) is 2.53. The molecular weight excluding hydrogens is 171 g/mol. The molecule has 0 N–H and O–H groups in total. The van der Waals surface area contributed by atoms with Gasteiger partial charge in [-0.1, -0.05) is 18.2 Å². The van der Waals surface area contributed by atoms with Crippen molar-refractivity contribution in [3.63, 3.8) is 0 Å². The molecule has 1 saturated heterocycles. The summed E-state index contributed by atoms with van der Waals surface area (Å²) in [6, 6.07) is 6.50. The Bertz CT molecular complexity index is 335. The van der Waals surface area contributed by atoms with Crippen LogP contribution in [0.4, 0.5) is 4.39 Å². The summed E-state index contributed by atoms with van der Waals surface area (Å²) < 4.78 is 18.0. The van der Waals surface area contributed by atoms with Gasteiger partial charge in [0.15, 0.2) is 0 Å². The molecule has 68 valence electrons. The van der Waals surface area contributed by atoms with Crippen LogP contribution in [0.3, 0.4) is 0 Å². The van der Waals surface area contributed by atoms with E-state index in [1.54, 1.807) is 18.2 Å². The average molecular weight is 180 g/mol. The van der Waals surface area contributed by atoms with Gasteiger partial charge in [0, 0.05) is 5.92 Å². The zero-order valence-corrected chi connectivity index (χ0v) is 7.00. The second kappa shape index (κ2) is 3.17. The molecule has 1 fully saturated rings. The van der Waals surface area contributed by atoms with E-state index in [1.165, 1.54) is 6.07 Å². The molecule has 1 atom stereocenters. The van der Waals surface area contributed by atoms with Crippen molar-refractivity contribution in [1.29, 1.82) is 0 Å². The quantitative estimate of drug-likeness (QED) is 0.616. The second-order valence-corrected chi connectivity index (χ2v) is 3.11. The molecular formula is C10H9FO2. The third-order valence-corrected chi connectivity index (χ3v) is 2.20. The van der Waals surface area contributed by atoms with E-state index in [0.717, 1.165) is 0 Å². The van der Waals surface area contributed by atoms with Crippen LogP contribution in [-0.2, 0) is 9.53 Å². The zero-order valence-electron chi connectivity index (χ0n) is 7.00. The Hall–Kier alpha value is -1.38. The van der Waals surface area contributed by atoms with Crippen LogP contribution in [0.15, 0.2) is 24.3 Å². The Balaban J connectivity index is 2.26. The van der Waals surface area contributed by atoms with E-state index < -0.39 is 0 Å². The van der Waals surface area contributed by atoms with Crippen molar-refractivity contribution in [2.45, 2.75) is 12.3 Å². The minimum absolute atomic E-state index is 0.103. The Morgan fingerprint density at radius 1 is 1.38 bits per heavy atom. The van der Waals surface area contributed by atoms with Crippen molar-refractivity contribution in [2.75, 3.05) is 6.61 Å². The Morgan fingerprint density at radius 2 is 2.15 bits per heavy atom. The van der Waals surface area contributed by atoms with Gasteiger partial charge in [0.05, 0.1) is 13.0 Å². The molecule has 1 aliphatic heterocycles. The van der Waals surface area contributed by atoms with Gasteiger partial charge in [-0.2, -0.15) is 0 Å². The Morgan fingerprint density at radius 3 is 2.77 bits per heavy atom. The number of carbonyl (C=O) groups is 1. The maximum absolute atomic E-state index is 13.2. The van der Waals surface area contributed by atoms with Gasteiger partial charge in [0.1, 0.15) is 5.82 Å². The number of hydrogen-bond acceptors (Lipinski definition) is 2. The molecule has 0 amide bonds. The van der Waals surface area contributed by atoms with Crippen molar-refractivity contribution >= 4 is 5.97 Å². The first-order chi connectivity index (χ1) is 6.27. The van der Waals surface area contributed by atoms with Crippen molar-refractivity contribution in [1.82, 2.24) is 0 Å². The summed E-state index contributed by atoms with van der Waals surface area (Å²) in [5, 5.41) is 0. The summed E-state index contributed by atoms with van der Waals surface area (Å²) in [6.07, 6.45) is 0.293. The predicted molar refractivity (Wildman–Crippen MR) is 44.7 cm³/mol. The lowest BCUT2D eigenvalue weighted by atomic mass is 9.98. The van der Waals surface area contributed by atoms with Gasteiger partial charge in [-0.3, -0.25) is 4.79 Å². The highest BCUT2D eigenvalue weighted by atomic mass is 19.1. The molecule has 2 nitrogen and oxygen atoms in total. The molecule has 1 heterocycles. The Labute approximate surface area is 75.3 Å². The van der Waals surface area contributed by atoms with Crippen LogP contribution in [0.25, 0.3) is 0 Å². The van der Waals surface area contributed by atoms with Crippen LogP contribution in [0.5, 0.6) is 0 Å². The van der Waals surface area contributed by atoms with Crippen LogP contribution in [0.2, 0.25) is 0 Å². The summed E-state index contributed by atoms with van der Waals surface area (Å²) in [5.74, 6) is -0.604. The zero-order chi connectivity index (χ0) is 9.26. The topological polar surface area (TPSA) is 26.3 Å². The summed E-state index contributed by atoms with van der Waals surface area (Å²) in [6.45, 7) is 0.305. The number of esters is 1. The smallest absolute Gasteiger partial charge is 0.306 e. The molecule has 0 aliphatic carbocycles. The molecule has 1 aromatic carbocycles. The maximum atomic E-state index is 13.2. The number of benzene rings is 1. The molecule has 1 unspecified atom stereocenters. The highest BCUT2D eigenvalue weighted by Crippen LogP contribution is 2.27. The van der Waals surface area contributed by atoms with Crippen molar-refractivity contribution in [3.8, 4) is 0 Å².